The molecule has 0 saturated heterocycles. The molecule has 0 fully saturated rings. The van der Waals surface area contributed by atoms with E-state index in [2.05, 4.69) is 92.3 Å². The minimum absolute atomic E-state index is 0.369. The van der Waals surface area contributed by atoms with Gasteiger partial charge in [0.05, 0.1) is 34.3 Å². The number of hydrogen-bond donors (Lipinski definition) is 1. The van der Waals surface area contributed by atoms with Gasteiger partial charge in [-0.15, -0.1) is 0 Å². The molecule has 3 aromatic carbocycles. The summed E-state index contributed by atoms with van der Waals surface area (Å²) >= 11 is 0. The maximum Gasteiger partial charge on any atom is 0.109 e. The summed E-state index contributed by atoms with van der Waals surface area (Å²) in [6.07, 6.45) is 4.69. The van der Waals surface area contributed by atoms with Crippen molar-refractivity contribution in [3.05, 3.63) is 84.4 Å². The van der Waals surface area contributed by atoms with Gasteiger partial charge in [0.15, 0.2) is 0 Å². The third kappa shape index (κ3) is 3.61. The first kappa shape index (κ1) is 22.8. The zero-order valence-corrected chi connectivity index (χ0v) is 22.1. The van der Waals surface area contributed by atoms with E-state index in [1.165, 1.54) is 16.7 Å². The summed E-state index contributed by atoms with van der Waals surface area (Å²) < 4.78 is 0. The number of benzene rings is 3. The largest absolute Gasteiger partial charge is 0.342 e. The van der Waals surface area contributed by atoms with E-state index in [1.54, 1.807) is 0 Å². The molecule has 0 unspecified atom stereocenters. The number of imidazole rings is 1. The zero-order chi connectivity index (χ0) is 26.0. The van der Waals surface area contributed by atoms with Gasteiger partial charge in [-0.25, -0.2) is 9.97 Å². The molecule has 0 amide bonds. The Morgan fingerprint density at radius 3 is 2.47 bits per heavy atom. The van der Waals surface area contributed by atoms with Gasteiger partial charge in [0.25, 0.3) is 0 Å². The Bertz CT molecular complexity index is 1910. The highest BCUT2D eigenvalue weighted by atomic mass is 14.9. The Morgan fingerprint density at radius 2 is 1.66 bits per heavy atom. The molecule has 186 valence electrons. The molecule has 5 heteroatoms. The summed E-state index contributed by atoms with van der Waals surface area (Å²) in [4.78, 5) is 22.8. The van der Waals surface area contributed by atoms with Gasteiger partial charge in [0, 0.05) is 51.5 Å². The van der Waals surface area contributed by atoms with Crippen LogP contribution in [0, 0.1) is 5.92 Å². The number of pyridine rings is 2. The third-order valence-electron chi connectivity index (χ3n) is 7.67. The van der Waals surface area contributed by atoms with Crippen LogP contribution < -0.4 is 0 Å². The maximum atomic E-state index is 5.04. The van der Waals surface area contributed by atoms with Crippen molar-refractivity contribution < 1.29 is 0 Å². The van der Waals surface area contributed by atoms with Crippen molar-refractivity contribution in [2.24, 2.45) is 10.9 Å². The van der Waals surface area contributed by atoms with Gasteiger partial charge >= 0.3 is 0 Å². The Morgan fingerprint density at radius 1 is 0.789 bits per heavy atom. The van der Waals surface area contributed by atoms with Gasteiger partial charge in [-0.05, 0) is 53.3 Å². The van der Waals surface area contributed by atoms with Crippen molar-refractivity contribution in [2.75, 3.05) is 0 Å². The summed E-state index contributed by atoms with van der Waals surface area (Å²) in [5, 5.41) is 4.63. The molecule has 7 rings (SSSR count). The van der Waals surface area contributed by atoms with Crippen molar-refractivity contribution in [3.63, 3.8) is 0 Å². The van der Waals surface area contributed by atoms with Crippen LogP contribution in [0.25, 0.3) is 55.1 Å². The van der Waals surface area contributed by atoms with Crippen LogP contribution in [0.5, 0.6) is 0 Å². The fourth-order valence-corrected chi connectivity index (χ4v) is 5.50. The van der Waals surface area contributed by atoms with Crippen molar-refractivity contribution >= 4 is 44.0 Å². The molecule has 0 radical (unpaired) electrons. The fourth-order valence-electron chi connectivity index (χ4n) is 5.50. The summed E-state index contributed by atoms with van der Waals surface area (Å²) in [6, 6.07) is 21.5. The van der Waals surface area contributed by atoms with Crippen molar-refractivity contribution in [3.8, 4) is 22.5 Å². The van der Waals surface area contributed by atoms with Gasteiger partial charge in [0.1, 0.15) is 5.82 Å². The highest BCUT2D eigenvalue weighted by Crippen LogP contribution is 2.42. The van der Waals surface area contributed by atoms with Crippen LogP contribution in [0.3, 0.4) is 0 Å². The van der Waals surface area contributed by atoms with Crippen molar-refractivity contribution in [1.82, 2.24) is 19.9 Å². The quantitative estimate of drug-likeness (QED) is 0.250. The number of nitrogens with zero attached hydrogens (tertiary/aromatic N) is 4. The predicted octanol–water partition coefficient (Wildman–Crippen LogP) is 8.40. The molecule has 0 bridgehead atoms. The van der Waals surface area contributed by atoms with Crippen LogP contribution in [0.1, 0.15) is 45.0 Å². The van der Waals surface area contributed by atoms with Gasteiger partial charge < -0.3 is 4.98 Å². The first-order valence-corrected chi connectivity index (χ1v) is 13.3. The average Bonchev–Trinajstić information content (AvgIpc) is 3.61. The fraction of sp³-hybridized carbons (Fsp3) is 0.212. The van der Waals surface area contributed by atoms with E-state index in [0.29, 0.717) is 11.8 Å². The Balaban J connectivity index is 1.32. The maximum absolute atomic E-state index is 5.04. The van der Waals surface area contributed by atoms with Crippen molar-refractivity contribution in [2.45, 2.75) is 40.0 Å². The van der Waals surface area contributed by atoms with Crippen molar-refractivity contribution in [1.29, 1.82) is 0 Å². The Hall–Kier alpha value is -4.38. The van der Waals surface area contributed by atoms with E-state index < -0.39 is 0 Å². The number of aromatic nitrogens is 4. The van der Waals surface area contributed by atoms with Crippen LogP contribution in [-0.2, 0) is 6.42 Å². The van der Waals surface area contributed by atoms with E-state index in [1.807, 2.05) is 18.5 Å². The Kier molecular flexibility index (Phi) is 5.15. The minimum Gasteiger partial charge on any atom is -0.342 e. The van der Waals surface area contributed by atoms with E-state index in [4.69, 9.17) is 15.0 Å². The first-order valence-electron chi connectivity index (χ1n) is 13.3. The smallest absolute Gasteiger partial charge is 0.109 e. The number of rotatable bonds is 4. The summed E-state index contributed by atoms with van der Waals surface area (Å²) in [6.45, 7) is 8.73. The van der Waals surface area contributed by atoms with Gasteiger partial charge in [0.2, 0.25) is 0 Å². The summed E-state index contributed by atoms with van der Waals surface area (Å²) in [5.41, 5.74) is 9.83. The topological polar surface area (TPSA) is 66.8 Å². The molecule has 1 N–H and O–H groups in total. The number of aliphatic imine (C=N–C) groups is 1. The normalized spacial score (nSPS) is 13.3. The van der Waals surface area contributed by atoms with Gasteiger partial charge in [-0.3, -0.25) is 9.98 Å². The number of nitrogens with one attached hydrogen (secondary N) is 1. The molecule has 3 aromatic heterocycles. The lowest BCUT2D eigenvalue weighted by atomic mass is 9.93. The number of aromatic amines is 1. The van der Waals surface area contributed by atoms with Gasteiger partial charge in [-0.2, -0.15) is 0 Å². The lowest BCUT2D eigenvalue weighted by molar-refractivity contribution is 0.795. The van der Waals surface area contributed by atoms with E-state index in [0.717, 1.165) is 67.6 Å². The number of fused-ring (bicyclic) bond motifs is 7. The zero-order valence-electron chi connectivity index (χ0n) is 22.1. The van der Waals surface area contributed by atoms with Gasteiger partial charge in [-0.1, -0.05) is 52.0 Å². The van der Waals surface area contributed by atoms with Crippen LogP contribution in [-0.4, -0.2) is 25.6 Å². The minimum atomic E-state index is 0.369. The monoisotopic (exact) mass is 495 g/mol. The van der Waals surface area contributed by atoms with E-state index in [9.17, 15) is 0 Å². The van der Waals surface area contributed by atoms with Crippen LogP contribution in [0.15, 0.2) is 78.0 Å². The molecular weight excluding hydrogens is 466 g/mol. The summed E-state index contributed by atoms with van der Waals surface area (Å²) in [5.74, 6) is 1.80. The second-order valence-electron chi connectivity index (χ2n) is 10.9. The summed E-state index contributed by atoms with van der Waals surface area (Å²) in [7, 11) is 0. The van der Waals surface area contributed by atoms with E-state index >= 15 is 0 Å². The molecular formula is C33H29N5. The molecule has 4 heterocycles. The number of H-pyrrole nitrogens is 1. The molecule has 6 aromatic rings. The molecule has 0 aliphatic carbocycles. The third-order valence-corrected chi connectivity index (χ3v) is 7.67. The second-order valence-corrected chi connectivity index (χ2v) is 10.9. The molecule has 1 aliphatic rings. The lowest BCUT2D eigenvalue weighted by Crippen LogP contribution is -2.06. The molecule has 5 nitrogen and oxygen atoms in total. The standard InChI is InChI=1S/C33H29N5/c1-18(2)29-16-26-23-10-7-22(15-25(23)31-24(32(26)37-29)6-5-13-34-31)28-11-8-20-14-21(9-12-27(20)36-28)30-17-35-33(38-30)19(3)4/h5-15,17-19H,16H2,1-4H3,(H,35,38). The predicted molar refractivity (Wildman–Crippen MR) is 157 cm³/mol. The van der Waals surface area contributed by atoms with Crippen LogP contribution in [0.2, 0.25) is 0 Å². The Labute approximate surface area is 221 Å². The highest BCUT2D eigenvalue weighted by Gasteiger charge is 2.23. The first-order chi connectivity index (χ1) is 18.5. The molecule has 0 atom stereocenters. The molecule has 1 aliphatic heterocycles. The molecule has 0 spiro atoms. The average molecular weight is 496 g/mol. The molecule has 0 saturated carbocycles. The SMILES string of the molecule is CC(C)C1=Nc2c(c3ccc(-c4ccc5cc(-c6cnc(C(C)C)[nH]6)ccc5n4)cc3c3ncccc23)C1. The second kappa shape index (κ2) is 8.59. The van der Waals surface area contributed by atoms with Crippen LogP contribution >= 0.6 is 0 Å². The van der Waals surface area contributed by atoms with Crippen LogP contribution in [0.4, 0.5) is 5.69 Å². The highest BCUT2D eigenvalue weighted by molar-refractivity contribution is 6.17. The molecule has 38 heavy (non-hydrogen) atoms. The van der Waals surface area contributed by atoms with E-state index in [-0.39, 0.29) is 0 Å². The lowest BCUT2D eigenvalue weighted by Gasteiger charge is -2.12. The number of hydrogen-bond acceptors (Lipinski definition) is 4.